The van der Waals surface area contributed by atoms with Crippen molar-refractivity contribution in [3.63, 3.8) is 0 Å². The number of para-hydroxylation sites is 1. The molecule has 134 valence electrons. The van der Waals surface area contributed by atoms with E-state index >= 15 is 0 Å². The quantitative estimate of drug-likeness (QED) is 0.551. The van der Waals surface area contributed by atoms with Crippen LogP contribution in [0.4, 0.5) is 0 Å². The van der Waals surface area contributed by atoms with E-state index in [2.05, 4.69) is 35.9 Å². The molecule has 0 aromatic heterocycles. The highest BCUT2D eigenvalue weighted by Gasteiger charge is 2.01. The van der Waals surface area contributed by atoms with Crippen LogP contribution in [-0.2, 0) is 17.6 Å². The second-order valence-electron chi connectivity index (χ2n) is 5.86. The van der Waals surface area contributed by atoms with Crippen molar-refractivity contribution in [2.75, 3.05) is 13.2 Å². The summed E-state index contributed by atoms with van der Waals surface area (Å²) >= 11 is 0. The molecule has 0 radical (unpaired) electrons. The van der Waals surface area contributed by atoms with Crippen LogP contribution in [0.5, 0.6) is 5.75 Å². The van der Waals surface area contributed by atoms with Crippen molar-refractivity contribution in [2.24, 2.45) is 0 Å². The highest BCUT2D eigenvalue weighted by Crippen LogP contribution is 2.18. The maximum Gasteiger partial charge on any atom is 0.220 e. The molecule has 0 aliphatic rings. The molecule has 0 aliphatic heterocycles. The molecule has 0 fully saturated rings. The minimum atomic E-state index is 0.0347. The molecule has 0 aliphatic carbocycles. The van der Waals surface area contributed by atoms with Gasteiger partial charge in [-0.1, -0.05) is 66.4 Å². The van der Waals surface area contributed by atoms with E-state index in [-0.39, 0.29) is 5.91 Å². The number of aryl methyl sites for hydroxylation is 1. The Labute approximate surface area is 156 Å². The second-order valence-corrected chi connectivity index (χ2v) is 5.86. The number of carbonyl (C=O) groups is 1. The van der Waals surface area contributed by atoms with Crippen molar-refractivity contribution < 1.29 is 9.53 Å². The Morgan fingerprint density at radius 1 is 1.08 bits per heavy atom. The van der Waals surface area contributed by atoms with Crippen LogP contribution in [0.1, 0.15) is 24.0 Å². The molecule has 1 amide bonds. The summed E-state index contributed by atoms with van der Waals surface area (Å²) in [6, 6.07) is 18.0. The Balaban J connectivity index is 1.61. The fourth-order valence-corrected chi connectivity index (χ4v) is 2.53. The van der Waals surface area contributed by atoms with Crippen LogP contribution < -0.4 is 10.1 Å². The van der Waals surface area contributed by atoms with Gasteiger partial charge >= 0.3 is 0 Å². The molecule has 2 aromatic rings. The summed E-state index contributed by atoms with van der Waals surface area (Å²) in [6.07, 6.45) is 4.89. The van der Waals surface area contributed by atoms with Crippen molar-refractivity contribution in [3.8, 4) is 17.6 Å². The maximum atomic E-state index is 11.8. The zero-order chi connectivity index (χ0) is 18.5. The molecule has 26 heavy (non-hydrogen) atoms. The summed E-state index contributed by atoms with van der Waals surface area (Å²) < 4.78 is 5.68. The van der Waals surface area contributed by atoms with Crippen molar-refractivity contribution in [3.05, 3.63) is 78.4 Å². The molecule has 0 heterocycles. The third-order valence-electron chi connectivity index (χ3n) is 3.85. The van der Waals surface area contributed by atoms with Gasteiger partial charge in [0.2, 0.25) is 5.91 Å². The first-order valence-electron chi connectivity index (χ1n) is 8.87. The van der Waals surface area contributed by atoms with E-state index in [0.29, 0.717) is 19.6 Å². The second kappa shape index (κ2) is 11.5. The number of nitrogens with one attached hydrogen (secondary N) is 1. The fourth-order valence-electron chi connectivity index (χ4n) is 2.53. The predicted molar refractivity (Wildman–Crippen MR) is 106 cm³/mol. The number of amides is 1. The van der Waals surface area contributed by atoms with Crippen molar-refractivity contribution in [1.82, 2.24) is 5.32 Å². The molecule has 0 saturated heterocycles. The van der Waals surface area contributed by atoms with Crippen LogP contribution in [0.2, 0.25) is 0 Å². The van der Waals surface area contributed by atoms with E-state index in [1.165, 1.54) is 5.56 Å². The van der Waals surface area contributed by atoms with Crippen LogP contribution in [-0.4, -0.2) is 19.1 Å². The lowest BCUT2D eigenvalue weighted by molar-refractivity contribution is -0.120. The highest BCUT2D eigenvalue weighted by molar-refractivity contribution is 5.76. The van der Waals surface area contributed by atoms with Gasteiger partial charge in [0.25, 0.3) is 0 Å². The third-order valence-corrected chi connectivity index (χ3v) is 3.85. The lowest BCUT2D eigenvalue weighted by Crippen LogP contribution is -2.23. The normalized spacial score (nSPS) is 9.69. The molecular weight excluding hydrogens is 322 g/mol. The fraction of sp³-hybridized carbons (Fsp3) is 0.261. The molecule has 0 spiro atoms. The smallest absolute Gasteiger partial charge is 0.220 e. The molecule has 0 bridgehead atoms. The van der Waals surface area contributed by atoms with Crippen LogP contribution in [0, 0.1) is 11.8 Å². The van der Waals surface area contributed by atoms with Gasteiger partial charge in [-0.05, 0) is 36.5 Å². The predicted octanol–water partition coefficient (Wildman–Crippen LogP) is 3.94. The molecule has 0 atom stereocenters. The number of carbonyl (C=O) groups excluding carboxylic acids is 1. The Kier molecular flexibility index (Phi) is 8.59. The Hall–Kier alpha value is -2.99. The van der Waals surface area contributed by atoms with Crippen LogP contribution in [0.25, 0.3) is 0 Å². The van der Waals surface area contributed by atoms with Gasteiger partial charge in [-0.15, -0.1) is 6.58 Å². The number of hydrogen-bond donors (Lipinski definition) is 1. The Bertz CT molecular complexity index is 757. The molecule has 0 saturated carbocycles. The van der Waals surface area contributed by atoms with Crippen LogP contribution in [0.15, 0.2) is 67.3 Å². The van der Waals surface area contributed by atoms with Gasteiger partial charge in [-0.2, -0.15) is 0 Å². The summed E-state index contributed by atoms with van der Waals surface area (Å²) in [4.78, 5) is 11.8. The first-order valence-corrected chi connectivity index (χ1v) is 8.87. The van der Waals surface area contributed by atoms with Crippen LogP contribution in [0.3, 0.4) is 0 Å². The molecule has 0 unspecified atom stereocenters. The average Bonchev–Trinajstić information content (AvgIpc) is 2.67. The number of benzene rings is 2. The number of ether oxygens (including phenoxy) is 1. The average molecular weight is 347 g/mol. The molecule has 3 nitrogen and oxygen atoms in total. The first-order chi connectivity index (χ1) is 12.8. The number of allylic oxidation sites excluding steroid dienone is 1. The van der Waals surface area contributed by atoms with Gasteiger partial charge in [0, 0.05) is 6.42 Å². The molecular formula is C23H25NO2. The van der Waals surface area contributed by atoms with Crippen molar-refractivity contribution in [2.45, 2.75) is 25.7 Å². The van der Waals surface area contributed by atoms with E-state index in [1.807, 2.05) is 48.5 Å². The first kappa shape index (κ1) is 19.3. The highest BCUT2D eigenvalue weighted by atomic mass is 16.5. The van der Waals surface area contributed by atoms with E-state index in [9.17, 15) is 4.79 Å². The standard InChI is InChI=1S/C23H25NO2/c1-2-11-21-15-6-7-16-22(21)26-19-9-8-18-24-23(25)17-10-14-20-12-4-3-5-13-20/h2-7,12-13,15-16H,1,10-11,14,17-19H2,(H,24,25). The zero-order valence-corrected chi connectivity index (χ0v) is 15.0. The van der Waals surface area contributed by atoms with Crippen molar-refractivity contribution >= 4 is 5.91 Å². The van der Waals surface area contributed by atoms with Gasteiger partial charge in [0.15, 0.2) is 0 Å². The van der Waals surface area contributed by atoms with E-state index in [0.717, 1.165) is 30.6 Å². The van der Waals surface area contributed by atoms with E-state index in [4.69, 9.17) is 4.74 Å². The Morgan fingerprint density at radius 3 is 2.65 bits per heavy atom. The SMILES string of the molecule is C=CCc1ccccc1OCC#CCNC(=O)CCCc1ccccc1. The van der Waals surface area contributed by atoms with E-state index < -0.39 is 0 Å². The summed E-state index contributed by atoms with van der Waals surface area (Å²) in [5.41, 5.74) is 2.35. The van der Waals surface area contributed by atoms with Gasteiger partial charge in [-0.25, -0.2) is 0 Å². The molecule has 3 heteroatoms. The topological polar surface area (TPSA) is 38.3 Å². The minimum absolute atomic E-state index is 0.0347. The van der Waals surface area contributed by atoms with Gasteiger partial charge in [-0.3, -0.25) is 4.79 Å². The molecule has 1 N–H and O–H groups in total. The lowest BCUT2D eigenvalue weighted by Gasteiger charge is -2.07. The third kappa shape index (κ3) is 7.27. The summed E-state index contributed by atoms with van der Waals surface area (Å²) in [7, 11) is 0. The van der Waals surface area contributed by atoms with Crippen molar-refractivity contribution in [1.29, 1.82) is 0 Å². The lowest BCUT2D eigenvalue weighted by atomic mass is 10.1. The molecule has 2 aromatic carbocycles. The van der Waals surface area contributed by atoms with Gasteiger partial charge in [0.05, 0.1) is 6.54 Å². The monoisotopic (exact) mass is 347 g/mol. The summed E-state index contributed by atoms with van der Waals surface area (Å²) in [6.45, 7) is 4.40. The number of hydrogen-bond acceptors (Lipinski definition) is 2. The van der Waals surface area contributed by atoms with Gasteiger partial charge < -0.3 is 10.1 Å². The molecule has 2 rings (SSSR count). The largest absolute Gasteiger partial charge is 0.481 e. The van der Waals surface area contributed by atoms with E-state index in [1.54, 1.807) is 0 Å². The maximum absolute atomic E-state index is 11.8. The van der Waals surface area contributed by atoms with Gasteiger partial charge in [0.1, 0.15) is 12.4 Å². The summed E-state index contributed by atoms with van der Waals surface area (Å²) in [5, 5.41) is 2.82. The zero-order valence-electron chi connectivity index (χ0n) is 15.0. The number of rotatable bonds is 9. The van der Waals surface area contributed by atoms with Crippen LogP contribution >= 0.6 is 0 Å². The Morgan fingerprint density at radius 2 is 1.85 bits per heavy atom. The minimum Gasteiger partial charge on any atom is -0.481 e. The summed E-state index contributed by atoms with van der Waals surface area (Å²) in [5.74, 6) is 6.71.